The Morgan fingerprint density at radius 2 is 1.88 bits per heavy atom. The first-order valence-corrected chi connectivity index (χ1v) is 4.71. The molecule has 0 radical (unpaired) electrons. The van der Waals surface area contributed by atoms with Gasteiger partial charge in [-0.2, -0.15) is 13.2 Å². The molecule has 1 rings (SSSR count). The molecular formula is C10H9ClF3NO. The zero-order chi connectivity index (χ0) is 12.5. The molecular weight excluding hydrogens is 243 g/mol. The van der Waals surface area contributed by atoms with Crippen LogP contribution in [0.4, 0.5) is 18.9 Å². The Bertz CT molecular complexity index is 417. The number of anilines is 1. The third-order valence-corrected chi connectivity index (χ3v) is 2.29. The van der Waals surface area contributed by atoms with Crippen LogP contribution in [0.15, 0.2) is 18.2 Å². The van der Waals surface area contributed by atoms with Gasteiger partial charge in [0.2, 0.25) is 5.91 Å². The van der Waals surface area contributed by atoms with Gasteiger partial charge in [0.15, 0.2) is 0 Å². The molecule has 1 aromatic rings. The number of alkyl halides is 3. The third-order valence-electron chi connectivity index (χ3n) is 2.07. The van der Waals surface area contributed by atoms with Gasteiger partial charge in [0.05, 0.1) is 5.56 Å². The second-order valence-electron chi connectivity index (χ2n) is 3.27. The maximum Gasteiger partial charge on any atom is 0.416 e. The molecule has 0 bridgehead atoms. The molecule has 0 unspecified atom stereocenters. The van der Waals surface area contributed by atoms with Gasteiger partial charge in [0.1, 0.15) is 0 Å². The third kappa shape index (κ3) is 2.88. The first-order chi connectivity index (χ1) is 7.21. The minimum atomic E-state index is -4.47. The van der Waals surface area contributed by atoms with E-state index in [1.54, 1.807) is 0 Å². The molecule has 0 aliphatic carbocycles. The second kappa shape index (κ2) is 4.33. The van der Waals surface area contributed by atoms with Crippen molar-refractivity contribution < 1.29 is 18.0 Å². The van der Waals surface area contributed by atoms with E-state index in [0.29, 0.717) is 0 Å². The van der Waals surface area contributed by atoms with Crippen LogP contribution in [0.2, 0.25) is 5.02 Å². The molecule has 0 aliphatic rings. The molecule has 1 amide bonds. The van der Waals surface area contributed by atoms with E-state index in [1.807, 2.05) is 0 Å². The van der Waals surface area contributed by atoms with Crippen LogP contribution < -0.4 is 4.90 Å². The Hall–Kier alpha value is -1.23. The standard InChI is InChI=1S/C10H9ClF3NO/c1-6(16)15(2)9-4-7(10(12,13)14)3-8(11)5-9/h3-5H,1-2H3. The molecule has 0 saturated carbocycles. The Kier molecular flexibility index (Phi) is 3.48. The van der Waals surface area contributed by atoms with Crippen LogP contribution in [0, 0.1) is 0 Å². The summed E-state index contributed by atoms with van der Waals surface area (Å²) in [6.07, 6.45) is -4.47. The van der Waals surface area contributed by atoms with Crippen LogP contribution in [0.25, 0.3) is 0 Å². The van der Waals surface area contributed by atoms with Crippen molar-refractivity contribution in [2.75, 3.05) is 11.9 Å². The highest BCUT2D eigenvalue weighted by Crippen LogP contribution is 2.34. The molecule has 6 heteroatoms. The van der Waals surface area contributed by atoms with Crippen molar-refractivity contribution in [2.45, 2.75) is 13.1 Å². The average Bonchev–Trinajstić information content (AvgIpc) is 2.14. The van der Waals surface area contributed by atoms with E-state index >= 15 is 0 Å². The molecule has 0 atom stereocenters. The minimum Gasteiger partial charge on any atom is -0.316 e. The van der Waals surface area contributed by atoms with Crippen LogP contribution in [0.5, 0.6) is 0 Å². The van der Waals surface area contributed by atoms with E-state index in [2.05, 4.69) is 0 Å². The number of hydrogen-bond acceptors (Lipinski definition) is 1. The highest BCUT2D eigenvalue weighted by molar-refractivity contribution is 6.31. The highest BCUT2D eigenvalue weighted by atomic mass is 35.5. The van der Waals surface area contributed by atoms with Crippen molar-refractivity contribution in [1.82, 2.24) is 0 Å². The monoisotopic (exact) mass is 251 g/mol. The highest BCUT2D eigenvalue weighted by Gasteiger charge is 2.31. The number of carbonyl (C=O) groups excluding carboxylic acids is 1. The topological polar surface area (TPSA) is 20.3 Å². The summed E-state index contributed by atoms with van der Waals surface area (Å²) < 4.78 is 37.4. The quantitative estimate of drug-likeness (QED) is 0.750. The van der Waals surface area contributed by atoms with Gasteiger partial charge in [-0.15, -0.1) is 0 Å². The summed E-state index contributed by atoms with van der Waals surface area (Å²) in [7, 11) is 1.38. The minimum absolute atomic E-state index is 0.0575. The van der Waals surface area contributed by atoms with Crippen LogP contribution in [-0.4, -0.2) is 13.0 Å². The molecule has 0 heterocycles. The largest absolute Gasteiger partial charge is 0.416 e. The zero-order valence-corrected chi connectivity index (χ0v) is 9.36. The van der Waals surface area contributed by atoms with Gasteiger partial charge in [-0.3, -0.25) is 4.79 Å². The molecule has 88 valence electrons. The second-order valence-corrected chi connectivity index (χ2v) is 3.71. The van der Waals surface area contributed by atoms with Crippen molar-refractivity contribution in [3.8, 4) is 0 Å². The van der Waals surface area contributed by atoms with E-state index in [9.17, 15) is 18.0 Å². The fourth-order valence-corrected chi connectivity index (χ4v) is 1.34. The maximum absolute atomic E-state index is 12.5. The number of hydrogen-bond donors (Lipinski definition) is 0. The normalized spacial score (nSPS) is 11.4. The van der Waals surface area contributed by atoms with Gasteiger partial charge in [0.25, 0.3) is 0 Å². The smallest absolute Gasteiger partial charge is 0.316 e. The molecule has 0 saturated heterocycles. The van der Waals surface area contributed by atoms with E-state index in [-0.39, 0.29) is 16.6 Å². The molecule has 0 spiro atoms. The average molecular weight is 252 g/mol. The van der Waals surface area contributed by atoms with E-state index in [1.165, 1.54) is 20.0 Å². The molecule has 16 heavy (non-hydrogen) atoms. The molecule has 0 fully saturated rings. The maximum atomic E-state index is 12.5. The summed E-state index contributed by atoms with van der Waals surface area (Å²) in [5.41, 5.74) is -0.754. The summed E-state index contributed by atoms with van der Waals surface area (Å²) >= 11 is 5.57. The number of carbonyl (C=O) groups is 1. The van der Waals surface area contributed by atoms with Crippen LogP contribution in [0.3, 0.4) is 0 Å². The van der Waals surface area contributed by atoms with E-state index in [4.69, 9.17) is 11.6 Å². The molecule has 0 N–H and O–H groups in total. The Balaban J connectivity index is 3.23. The van der Waals surface area contributed by atoms with E-state index < -0.39 is 11.7 Å². The Morgan fingerprint density at radius 1 is 1.31 bits per heavy atom. The van der Waals surface area contributed by atoms with Gasteiger partial charge in [-0.25, -0.2) is 0 Å². The van der Waals surface area contributed by atoms with Crippen LogP contribution in [-0.2, 0) is 11.0 Å². The van der Waals surface area contributed by atoms with Crippen molar-refractivity contribution >= 4 is 23.2 Å². The summed E-state index contributed by atoms with van der Waals surface area (Å²) in [5, 5.41) is -0.0575. The summed E-state index contributed by atoms with van der Waals surface area (Å²) in [6, 6.07) is 3.00. The summed E-state index contributed by atoms with van der Waals surface area (Å²) in [4.78, 5) is 12.1. The number of nitrogens with zero attached hydrogens (tertiary/aromatic N) is 1. The number of rotatable bonds is 1. The Morgan fingerprint density at radius 3 is 2.31 bits per heavy atom. The number of amides is 1. The van der Waals surface area contributed by atoms with Gasteiger partial charge in [-0.05, 0) is 18.2 Å². The predicted molar refractivity (Wildman–Crippen MR) is 55.5 cm³/mol. The fraction of sp³-hybridized carbons (Fsp3) is 0.300. The van der Waals surface area contributed by atoms with Gasteiger partial charge in [-0.1, -0.05) is 11.6 Å². The summed E-state index contributed by atoms with van der Waals surface area (Å²) in [6.45, 7) is 1.26. The van der Waals surface area contributed by atoms with Crippen LogP contribution in [0.1, 0.15) is 12.5 Å². The summed E-state index contributed by atoms with van der Waals surface area (Å²) in [5.74, 6) is -0.365. The fourth-order valence-electron chi connectivity index (χ4n) is 1.11. The van der Waals surface area contributed by atoms with Crippen LogP contribution >= 0.6 is 11.6 Å². The van der Waals surface area contributed by atoms with E-state index in [0.717, 1.165) is 17.0 Å². The van der Waals surface area contributed by atoms with Crippen molar-refractivity contribution in [1.29, 1.82) is 0 Å². The lowest BCUT2D eigenvalue weighted by molar-refractivity contribution is -0.137. The van der Waals surface area contributed by atoms with Crippen molar-refractivity contribution in [3.63, 3.8) is 0 Å². The van der Waals surface area contributed by atoms with Gasteiger partial charge in [0, 0.05) is 24.7 Å². The first kappa shape index (κ1) is 12.8. The molecule has 2 nitrogen and oxygen atoms in total. The van der Waals surface area contributed by atoms with Gasteiger partial charge >= 0.3 is 6.18 Å². The molecule has 0 aliphatic heterocycles. The SMILES string of the molecule is CC(=O)N(C)c1cc(Cl)cc(C(F)(F)F)c1. The lowest BCUT2D eigenvalue weighted by atomic mass is 10.2. The lowest BCUT2D eigenvalue weighted by Gasteiger charge is -2.17. The first-order valence-electron chi connectivity index (χ1n) is 4.34. The van der Waals surface area contributed by atoms with Gasteiger partial charge < -0.3 is 4.90 Å². The lowest BCUT2D eigenvalue weighted by Crippen LogP contribution is -2.23. The number of benzene rings is 1. The Labute approximate surface area is 95.6 Å². The molecule has 1 aromatic carbocycles. The molecule has 0 aromatic heterocycles. The predicted octanol–water partition coefficient (Wildman–Crippen LogP) is 3.34. The van der Waals surface area contributed by atoms with Crippen molar-refractivity contribution in [3.05, 3.63) is 28.8 Å². The van der Waals surface area contributed by atoms with Crippen molar-refractivity contribution in [2.24, 2.45) is 0 Å². The zero-order valence-electron chi connectivity index (χ0n) is 8.60. The number of halogens is 4.